The summed E-state index contributed by atoms with van der Waals surface area (Å²) in [6.45, 7) is 2.55. The predicted octanol–water partition coefficient (Wildman–Crippen LogP) is 3.06. The number of pyridine rings is 1. The van der Waals surface area contributed by atoms with E-state index < -0.39 is 16.7 Å². The highest BCUT2D eigenvalue weighted by atomic mass is 32.2. The van der Waals surface area contributed by atoms with E-state index in [1.54, 1.807) is 6.26 Å². The zero-order valence-corrected chi connectivity index (χ0v) is 15.9. The van der Waals surface area contributed by atoms with E-state index in [-0.39, 0.29) is 5.56 Å². The molecule has 2 aromatic carbocycles. The van der Waals surface area contributed by atoms with Gasteiger partial charge in [0.1, 0.15) is 5.75 Å². The van der Waals surface area contributed by atoms with Gasteiger partial charge in [-0.15, -0.1) is 0 Å². The van der Waals surface area contributed by atoms with Crippen molar-refractivity contribution in [3.8, 4) is 5.75 Å². The van der Waals surface area contributed by atoms with Gasteiger partial charge in [0, 0.05) is 35.5 Å². The molecule has 6 nitrogen and oxygen atoms in total. The lowest BCUT2D eigenvalue weighted by molar-refractivity contribution is 0.100. The number of primary amides is 1. The molecule has 1 unspecified atom stereocenters. The Balaban J connectivity index is 1.98. The van der Waals surface area contributed by atoms with Gasteiger partial charge in [-0.1, -0.05) is 6.07 Å². The number of nitrogens with two attached hydrogens (primary N) is 1. The van der Waals surface area contributed by atoms with Crippen molar-refractivity contribution in [3.63, 3.8) is 0 Å². The van der Waals surface area contributed by atoms with E-state index in [0.29, 0.717) is 28.1 Å². The van der Waals surface area contributed by atoms with E-state index in [1.807, 2.05) is 37.3 Å². The van der Waals surface area contributed by atoms with Crippen LogP contribution in [0.5, 0.6) is 5.75 Å². The molecule has 0 bridgehead atoms. The first-order chi connectivity index (χ1) is 13.0. The molecule has 0 aliphatic carbocycles. The fourth-order valence-corrected chi connectivity index (χ4v) is 4.21. The highest BCUT2D eigenvalue weighted by Crippen LogP contribution is 2.37. The second-order valence-electron chi connectivity index (χ2n) is 6.53. The molecule has 7 heteroatoms. The smallest absolute Gasteiger partial charge is 0.252 e. The van der Waals surface area contributed by atoms with Crippen molar-refractivity contribution in [2.45, 2.75) is 18.2 Å². The minimum absolute atomic E-state index is 0.289. The van der Waals surface area contributed by atoms with Gasteiger partial charge >= 0.3 is 0 Å². The summed E-state index contributed by atoms with van der Waals surface area (Å²) in [5.41, 5.74) is 9.91. The molecule has 0 saturated heterocycles. The fraction of sp³-hybridized carbons (Fsp3) is 0.200. The van der Waals surface area contributed by atoms with Crippen LogP contribution in [0.15, 0.2) is 41.4 Å². The number of carbonyl (C=O) groups is 1. The van der Waals surface area contributed by atoms with Crippen LogP contribution in [-0.4, -0.2) is 28.0 Å². The molecule has 0 spiro atoms. The fourth-order valence-electron chi connectivity index (χ4n) is 3.42. The number of nitrogens with zero attached hydrogens (tertiary/aromatic N) is 1. The quantitative estimate of drug-likeness (QED) is 0.724. The van der Waals surface area contributed by atoms with E-state index in [1.165, 1.54) is 6.20 Å². The minimum atomic E-state index is -1.21. The molecule has 27 heavy (non-hydrogen) atoms. The summed E-state index contributed by atoms with van der Waals surface area (Å²) < 4.78 is 17.8. The van der Waals surface area contributed by atoms with Crippen LogP contribution in [0.25, 0.3) is 10.9 Å². The molecule has 138 valence electrons. The lowest BCUT2D eigenvalue weighted by atomic mass is 10.0. The standard InChI is InChI=1S/C20H19N3O3S/c1-11-8-13-18(23-15-4-3-5-16-12(15)6-7-26-16)14(20(21)24)10-22-19(13)17(9-11)27(2)25/h3-5,8-10H,6-7H2,1-2H3,(H2,21,24)(H,22,23). The number of rotatable bonds is 4. The van der Waals surface area contributed by atoms with Crippen molar-refractivity contribution in [2.75, 3.05) is 18.2 Å². The number of aromatic nitrogens is 1. The lowest BCUT2D eigenvalue weighted by Crippen LogP contribution is -2.14. The summed E-state index contributed by atoms with van der Waals surface area (Å²) in [4.78, 5) is 17.1. The number of aryl methyl sites for hydroxylation is 1. The molecule has 4 rings (SSSR count). The van der Waals surface area contributed by atoms with Crippen LogP contribution in [0.1, 0.15) is 21.5 Å². The number of benzene rings is 2. The minimum Gasteiger partial charge on any atom is -0.493 e. The summed E-state index contributed by atoms with van der Waals surface area (Å²) >= 11 is 0. The van der Waals surface area contributed by atoms with Gasteiger partial charge in [0.15, 0.2) is 0 Å². The molecule has 1 aliphatic rings. The van der Waals surface area contributed by atoms with Crippen molar-refractivity contribution in [2.24, 2.45) is 5.73 Å². The zero-order chi connectivity index (χ0) is 19.1. The van der Waals surface area contributed by atoms with Crippen LogP contribution < -0.4 is 15.8 Å². The first-order valence-corrected chi connectivity index (χ1v) is 10.1. The van der Waals surface area contributed by atoms with Gasteiger partial charge in [-0.25, -0.2) is 0 Å². The second-order valence-corrected chi connectivity index (χ2v) is 7.88. The Kier molecular flexibility index (Phi) is 4.31. The molecule has 3 aromatic rings. The van der Waals surface area contributed by atoms with Crippen molar-refractivity contribution in [3.05, 3.63) is 53.2 Å². The predicted molar refractivity (Wildman–Crippen MR) is 106 cm³/mol. The van der Waals surface area contributed by atoms with Gasteiger partial charge in [0.25, 0.3) is 5.91 Å². The molecule has 1 aliphatic heterocycles. The summed E-state index contributed by atoms with van der Waals surface area (Å²) in [7, 11) is -1.21. The number of hydrogen-bond acceptors (Lipinski definition) is 5. The molecule has 1 aromatic heterocycles. The van der Waals surface area contributed by atoms with E-state index in [4.69, 9.17) is 10.5 Å². The molecular weight excluding hydrogens is 362 g/mol. The second kappa shape index (κ2) is 6.66. The van der Waals surface area contributed by atoms with Crippen LogP contribution >= 0.6 is 0 Å². The number of carbonyl (C=O) groups excluding carboxylic acids is 1. The molecule has 3 N–H and O–H groups in total. The van der Waals surface area contributed by atoms with E-state index in [0.717, 1.165) is 29.0 Å². The van der Waals surface area contributed by atoms with E-state index in [9.17, 15) is 9.00 Å². The van der Waals surface area contributed by atoms with Gasteiger partial charge in [-0.05, 0) is 36.8 Å². The number of anilines is 2. The third kappa shape index (κ3) is 3.04. The van der Waals surface area contributed by atoms with Gasteiger partial charge in [0.05, 0.1) is 39.1 Å². The van der Waals surface area contributed by atoms with Crippen LogP contribution in [0.4, 0.5) is 11.4 Å². The maximum atomic E-state index is 12.2. The Morgan fingerprint density at radius 1 is 1.33 bits per heavy atom. The van der Waals surface area contributed by atoms with Crippen LogP contribution in [0, 0.1) is 6.92 Å². The monoisotopic (exact) mass is 381 g/mol. The molecule has 0 fully saturated rings. The maximum Gasteiger partial charge on any atom is 0.252 e. The SMILES string of the molecule is Cc1cc(S(C)=O)c2ncc(C(N)=O)c(Nc3cccc4c3CCO4)c2c1. The largest absolute Gasteiger partial charge is 0.493 e. The summed E-state index contributed by atoms with van der Waals surface area (Å²) in [6, 6.07) is 9.55. The van der Waals surface area contributed by atoms with Crippen LogP contribution in [0.2, 0.25) is 0 Å². The van der Waals surface area contributed by atoms with Gasteiger partial charge < -0.3 is 15.8 Å². The Morgan fingerprint density at radius 2 is 2.15 bits per heavy atom. The molecular formula is C20H19N3O3S. The molecule has 1 atom stereocenters. The van der Waals surface area contributed by atoms with Crippen molar-refractivity contribution >= 4 is 39.0 Å². The first-order valence-electron chi connectivity index (χ1n) is 8.54. The summed E-state index contributed by atoms with van der Waals surface area (Å²) in [5.74, 6) is 0.266. The van der Waals surface area contributed by atoms with E-state index in [2.05, 4.69) is 10.3 Å². The van der Waals surface area contributed by atoms with Crippen LogP contribution in [-0.2, 0) is 17.2 Å². The number of nitrogens with one attached hydrogen (secondary N) is 1. The molecule has 0 saturated carbocycles. The van der Waals surface area contributed by atoms with Crippen molar-refractivity contribution in [1.82, 2.24) is 4.98 Å². The maximum absolute atomic E-state index is 12.2. The summed E-state index contributed by atoms with van der Waals surface area (Å²) in [5, 5.41) is 4.09. The molecule has 0 radical (unpaired) electrons. The van der Waals surface area contributed by atoms with Gasteiger partial charge in [-0.3, -0.25) is 14.0 Å². The first kappa shape index (κ1) is 17.5. The Hall–Kier alpha value is -2.93. The third-order valence-corrected chi connectivity index (χ3v) is 5.59. The average Bonchev–Trinajstić information content (AvgIpc) is 3.10. The number of fused-ring (bicyclic) bond motifs is 2. The Bertz CT molecular complexity index is 1110. The van der Waals surface area contributed by atoms with Crippen LogP contribution in [0.3, 0.4) is 0 Å². The van der Waals surface area contributed by atoms with Crippen molar-refractivity contribution in [1.29, 1.82) is 0 Å². The third-order valence-electron chi connectivity index (χ3n) is 4.66. The highest BCUT2D eigenvalue weighted by molar-refractivity contribution is 7.84. The summed E-state index contributed by atoms with van der Waals surface area (Å²) in [6.07, 6.45) is 3.85. The number of amides is 1. The Labute approximate surface area is 159 Å². The van der Waals surface area contributed by atoms with Crippen molar-refractivity contribution < 1.29 is 13.7 Å². The Morgan fingerprint density at radius 3 is 2.89 bits per heavy atom. The highest BCUT2D eigenvalue weighted by Gasteiger charge is 2.20. The number of ether oxygens (including phenoxy) is 1. The number of hydrogen-bond donors (Lipinski definition) is 2. The van der Waals surface area contributed by atoms with Gasteiger partial charge in [0.2, 0.25) is 0 Å². The molecule has 1 amide bonds. The zero-order valence-electron chi connectivity index (χ0n) is 15.0. The average molecular weight is 381 g/mol. The van der Waals surface area contributed by atoms with E-state index >= 15 is 0 Å². The van der Waals surface area contributed by atoms with Gasteiger partial charge in [-0.2, -0.15) is 0 Å². The normalized spacial score (nSPS) is 13.9. The lowest BCUT2D eigenvalue weighted by Gasteiger charge is -2.16. The molecule has 2 heterocycles. The topological polar surface area (TPSA) is 94.3 Å².